The molecule has 0 aromatic heterocycles. The molecule has 0 radical (unpaired) electrons. The van der Waals surface area contributed by atoms with Gasteiger partial charge in [0.2, 0.25) is 0 Å². The molecule has 0 atom stereocenters. The average molecular weight is 283 g/mol. The highest BCUT2D eigenvalue weighted by Gasteiger charge is 2.11. The van der Waals surface area contributed by atoms with Crippen LogP contribution in [0.1, 0.15) is 25.7 Å². The number of hydrogen-bond donors (Lipinski definition) is 0. The second kappa shape index (κ2) is 7.09. The predicted octanol–water partition coefficient (Wildman–Crippen LogP) is 0.135. The summed E-state index contributed by atoms with van der Waals surface area (Å²) in [4.78, 5) is 16.9. The van der Waals surface area contributed by atoms with Gasteiger partial charge in [-0.15, -0.1) is 0 Å². The summed E-state index contributed by atoms with van der Waals surface area (Å²) in [5.41, 5.74) is 0.887. The Bertz CT molecular complexity index is 459. The third kappa shape index (κ3) is 4.21. The molecule has 1 aliphatic rings. The molecule has 6 heteroatoms. The minimum Gasteiger partial charge on any atom is -1.00 e. The van der Waals surface area contributed by atoms with Gasteiger partial charge < -0.3 is 17.3 Å². The molecule has 1 fully saturated rings. The number of aliphatic imine (C=N–C) groups is 1. The normalized spacial score (nSPS) is 17.7. The maximum atomic E-state index is 10.6. The van der Waals surface area contributed by atoms with Crippen LogP contribution in [0.3, 0.4) is 0 Å². The number of nitrogens with zero attached hydrogens (tertiary/aromatic N) is 3. The van der Waals surface area contributed by atoms with Gasteiger partial charge in [-0.2, -0.15) is 0 Å². The van der Waals surface area contributed by atoms with Gasteiger partial charge >= 0.3 is 0 Å². The molecule has 1 aromatic rings. The molecule has 0 N–H and O–H groups in total. The number of rotatable bonds is 2. The summed E-state index contributed by atoms with van der Waals surface area (Å²) in [6, 6.07) is 6.39. The van der Waals surface area contributed by atoms with Crippen molar-refractivity contribution in [3.63, 3.8) is 0 Å². The summed E-state index contributed by atoms with van der Waals surface area (Å²) in [5.74, 6) is 1.07. The molecule has 1 heterocycles. The minimum atomic E-state index is -0.394. The first-order valence-electron chi connectivity index (χ1n) is 6.20. The molecule has 1 aliphatic heterocycles. The Balaban J connectivity index is 0.00000180. The van der Waals surface area contributed by atoms with Crippen molar-refractivity contribution >= 4 is 17.2 Å². The van der Waals surface area contributed by atoms with Crippen molar-refractivity contribution in [3.8, 4) is 0 Å². The SMILES string of the molecule is CN1CCCCCC1=Nc1ccc([N+](=O)[O-])cc1.[Cl-]. The maximum absolute atomic E-state index is 10.6. The first-order valence-corrected chi connectivity index (χ1v) is 6.20. The molecule has 1 aromatic carbocycles. The minimum absolute atomic E-state index is 0. The van der Waals surface area contributed by atoms with Gasteiger partial charge in [-0.3, -0.25) is 10.1 Å². The molecule has 5 nitrogen and oxygen atoms in total. The van der Waals surface area contributed by atoms with Crippen molar-refractivity contribution < 1.29 is 17.3 Å². The Morgan fingerprint density at radius 2 is 1.89 bits per heavy atom. The monoisotopic (exact) mass is 282 g/mol. The van der Waals surface area contributed by atoms with Crippen LogP contribution < -0.4 is 12.4 Å². The number of likely N-dealkylation sites (tertiary alicyclic amines) is 1. The smallest absolute Gasteiger partial charge is 0.269 e. The summed E-state index contributed by atoms with van der Waals surface area (Å²) in [6.45, 7) is 1.03. The summed E-state index contributed by atoms with van der Waals surface area (Å²) in [6.07, 6.45) is 4.59. The lowest BCUT2D eigenvalue weighted by molar-refractivity contribution is -0.384. The summed E-state index contributed by atoms with van der Waals surface area (Å²) >= 11 is 0. The van der Waals surface area contributed by atoms with Gasteiger partial charge in [0, 0.05) is 32.1 Å². The topological polar surface area (TPSA) is 58.7 Å². The highest BCUT2D eigenvalue weighted by molar-refractivity contribution is 5.84. The largest absolute Gasteiger partial charge is 1.00 e. The molecule has 104 valence electrons. The van der Waals surface area contributed by atoms with Gasteiger partial charge in [0.05, 0.1) is 10.6 Å². The number of nitro groups is 1. The molecule has 0 saturated carbocycles. The van der Waals surface area contributed by atoms with Gasteiger partial charge in [-0.1, -0.05) is 6.42 Å². The Morgan fingerprint density at radius 1 is 1.21 bits per heavy atom. The Hall–Kier alpha value is -1.62. The Labute approximate surface area is 118 Å². The molecule has 19 heavy (non-hydrogen) atoms. The molecule has 0 bridgehead atoms. The van der Waals surface area contributed by atoms with E-state index in [2.05, 4.69) is 16.9 Å². The molecule has 0 amide bonds. The van der Waals surface area contributed by atoms with Gasteiger partial charge in [0.15, 0.2) is 0 Å². The molecular weight excluding hydrogens is 266 g/mol. The molecule has 0 unspecified atom stereocenters. The van der Waals surface area contributed by atoms with Crippen molar-refractivity contribution in [1.29, 1.82) is 0 Å². The summed E-state index contributed by atoms with van der Waals surface area (Å²) in [7, 11) is 2.05. The third-order valence-electron chi connectivity index (χ3n) is 3.15. The van der Waals surface area contributed by atoms with Gasteiger partial charge in [-0.05, 0) is 25.0 Å². The number of nitro benzene ring substituents is 1. The van der Waals surface area contributed by atoms with Crippen molar-refractivity contribution in [2.24, 2.45) is 4.99 Å². The molecule has 0 aliphatic carbocycles. The first-order chi connectivity index (χ1) is 8.66. The summed E-state index contributed by atoms with van der Waals surface area (Å²) < 4.78 is 0. The number of hydrogen-bond acceptors (Lipinski definition) is 3. The van der Waals surface area contributed by atoms with E-state index in [0.717, 1.165) is 30.9 Å². The quantitative estimate of drug-likeness (QED) is 0.572. The summed E-state index contributed by atoms with van der Waals surface area (Å²) in [5, 5.41) is 10.6. The fourth-order valence-electron chi connectivity index (χ4n) is 2.07. The van der Waals surface area contributed by atoms with Crippen LogP contribution in [0.25, 0.3) is 0 Å². The second-order valence-electron chi connectivity index (χ2n) is 4.53. The zero-order valence-electron chi connectivity index (χ0n) is 10.9. The standard InChI is InChI=1S/C13H17N3O2.ClH/c1-15-10-4-2-3-5-13(15)14-11-6-8-12(9-7-11)16(17)18;/h6-9H,2-5,10H2,1H3;1H/p-1. The van der Waals surface area contributed by atoms with Crippen LogP contribution in [0.4, 0.5) is 11.4 Å². The van der Waals surface area contributed by atoms with E-state index in [1.807, 2.05) is 0 Å². The second-order valence-corrected chi connectivity index (χ2v) is 4.53. The van der Waals surface area contributed by atoms with Gasteiger partial charge in [0.1, 0.15) is 5.84 Å². The van der Waals surface area contributed by atoms with Gasteiger partial charge in [-0.25, -0.2) is 4.99 Å². The van der Waals surface area contributed by atoms with Crippen LogP contribution in [0.15, 0.2) is 29.3 Å². The fraction of sp³-hybridized carbons (Fsp3) is 0.462. The molecule has 2 rings (SSSR count). The van der Waals surface area contributed by atoms with Gasteiger partial charge in [0.25, 0.3) is 5.69 Å². The number of non-ortho nitro benzene ring substituents is 1. The van der Waals surface area contributed by atoms with E-state index in [4.69, 9.17) is 0 Å². The Morgan fingerprint density at radius 3 is 2.53 bits per heavy atom. The van der Waals surface area contributed by atoms with Crippen LogP contribution in [-0.4, -0.2) is 29.3 Å². The fourth-order valence-corrected chi connectivity index (χ4v) is 2.07. The van der Waals surface area contributed by atoms with Crippen molar-refractivity contribution in [2.45, 2.75) is 25.7 Å². The van der Waals surface area contributed by atoms with Crippen LogP contribution in [-0.2, 0) is 0 Å². The molecule has 1 saturated heterocycles. The van der Waals surface area contributed by atoms with E-state index in [1.54, 1.807) is 12.1 Å². The highest BCUT2D eigenvalue weighted by Crippen LogP contribution is 2.20. The van der Waals surface area contributed by atoms with E-state index >= 15 is 0 Å². The number of benzene rings is 1. The lowest BCUT2D eigenvalue weighted by Crippen LogP contribution is -3.00. The van der Waals surface area contributed by atoms with E-state index < -0.39 is 4.92 Å². The first kappa shape index (κ1) is 15.4. The molecule has 0 spiro atoms. The molecular formula is C13H17ClN3O2-. The van der Waals surface area contributed by atoms with Crippen molar-refractivity contribution in [2.75, 3.05) is 13.6 Å². The van der Waals surface area contributed by atoms with E-state index in [1.165, 1.54) is 25.0 Å². The zero-order chi connectivity index (χ0) is 13.0. The lowest BCUT2D eigenvalue weighted by atomic mass is 10.2. The van der Waals surface area contributed by atoms with Crippen LogP contribution in [0.5, 0.6) is 0 Å². The van der Waals surface area contributed by atoms with E-state index in [9.17, 15) is 10.1 Å². The predicted molar refractivity (Wildman–Crippen MR) is 71.3 cm³/mol. The lowest BCUT2D eigenvalue weighted by Gasteiger charge is -2.17. The highest BCUT2D eigenvalue weighted by atomic mass is 35.5. The number of halogens is 1. The average Bonchev–Trinajstić information content (AvgIpc) is 2.56. The maximum Gasteiger partial charge on any atom is 0.269 e. The van der Waals surface area contributed by atoms with Crippen molar-refractivity contribution in [1.82, 2.24) is 4.90 Å². The van der Waals surface area contributed by atoms with E-state index in [-0.39, 0.29) is 18.1 Å². The van der Waals surface area contributed by atoms with Crippen molar-refractivity contribution in [3.05, 3.63) is 34.4 Å². The zero-order valence-corrected chi connectivity index (χ0v) is 11.6. The third-order valence-corrected chi connectivity index (χ3v) is 3.15. The van der Waals surface area contributed by atoms with Crippen LogP contribution in [0.2, 0.25) is 0 Å². The van der Waals surface area contributed by atoms with Crippen LogP contribution >= 0.6 is 0 Å². The van der Waals surface area contributed by atoms with E-state index in [0.29, 0.717) is 0 Å². The van der Waals surface area contributed by atoms with Crippen LogP contribution in [0, 0.1) is 10.1 Å². The number of amidine groups is 1. The Kier molecular flexibility index (Phi) is 5.76.